The number of rotatable bonds is 5. The predicted octanol–water partition coefficient (Wildman–Crippen LogP) is 1.78. The predicted molar refractivity (Wildman–Crippen MR) is 91.4 cm³/mol. The van der Waals surface area contributed by atoms with Gasteiger partial charge in [0.25, 0.3) is 0 Å². The molecule has 1 saturated heterocycles. The molecule has 0 bridgehead atoms. The van der Waals surface area contributed by atoms with Crippen molar-refractivity contribution in [3.63, 3.8) is 0 Å². The topological polar surface area (TPSA) is 71.5 Å². The molecule has 0 spiro atoms. The van der Waals surface area contributed by atoms with Gasteiger partial charge in [-0.25, -0.2) is 4.98 Å². The molecule has 2 amide bonds. The van der Waals surface area contributed by atoms with Crippen molar-refractivity contribution in [1.82, 2.24) is 9.88 Å². The van der Waals surface area contributed by atoms with Crippen molar-refractivity contribution in [3.05, 3.63) is 41.6 Å². The molecule has 2 aliphatic heterocycles. The molecular formula is C18H21N3O3. The SMILES string of the molecule is C/C=C/COC1CN(C(=O)C=Cc2cnc3c(c2)CCC(=O)N3)C1. The molecule has 2 aliphatic rings. The van der Waals surface area contributed by atoms with Crippen LogP contribution in [-0.4, -0.2) is 47.5 Å². The molecule has 1 aromatic rings. The first-order valence-corrected chi connectivity index (χ1v) is 8.14. The van der Waals surface area contributed by atoms with E-state index < -0.39 is 0 Å². The van der Waals surface area contributed by atoms with Crippen molar-refractivity contribution in [3.8, 4) is 0 Å². The van der Waals surface area contributed by atoms with Crippen molar-refractivity contribution in [2.24, 2.45) is 0 Å². The molecular weight excluding hydrogens is 306 g/mol. The minimum absolute atomic E-state index is 0.00236. The number of carbonyl (C=O) groups excluding carboxylic acids is 2. The molecule has 0 unspecified atom stereocenters. The summed E-state index contributed by atoms with van der Waals surface area (Å²) < 4.78 is 5.58. The van der Waals surface area contributed by atoms with E-state index >= 15 is 0 Å². The second-order valence-electron chi connectivity index (χ2n) is 5.93. The Bertz CT molecular complexity index is 691. The third-order valence-corrected chi connectivity index (χ3v) is 4.11. The molecule has 0 radical (unpaired) electrons. The number of pyridine rings is 1. The maximum absolute atomic E-state index is 12.1. The summed E-state index contributed by atoms with van der Waals surface area (Å²) in [6.45, 7) is 3.81. The number of anilines is 1. The number of aromatic nitrogens is 1. The number of likely N-dealkylation sites (tertiary alicyclic amines) is 1. The molecule has 126 valence electrons. The summed E-state index contributed by atoms with van der Waals surface area (Å²) in [5, 5.41) is 2.75. The highest BCUT2D eigenvalue weighted by atomic mass is 16.5. The van der Waals surface area contributed by atoms with Gasteiger partial charge in [0.15, 0.2) is 0 Å². The van der Waals surface area contributed by atoms with Crippen LogP contribution in [-0.2, 0) is 20.7 Å². The fourth-order valence-electron chi connectivity index (χ4n) is 2.65. The number of nitrogens with zero attached hydrogens (tertiary/aromatic N) is 2. The van der Waals surface area contributed by atoms with E-state index in [1.54, 1.807) is 23.2 Å². The standard InChI is InChI=1S/C18H21N3O3/c1-2-3-8-24-15-11-21(12-15)17(23)7-4-13-9-14-5-6-16(22)20-18(14)19-10-13/h2-4,7,9-10,15H,5-6,8,11-12H2,1H3,(H,19,20,22)/b3-2+,7-4?. The van der Waals surface area contributed by atoms with E-state index in [2.05, 4.69) is 10.3 Å². The minimum Gasteiger partial charge on any atom is -0.370 e. The summed E-state index contributed by atoms with van der Waals surface area (Å²) in [6.07, 6.45) is 10.2. The second-order valence-corrected chi connectivity index (χ2v) is 5.93. The monoisotopic (exact) mass is 327 g/mol. The average Bonchev–Trinajstić information content (AvgIpc) is 2.54. The number of nitrogens with one attached hydrogen (secondary N) is 1. The Balaban J connectivity index is 1.51. The van der Waals surface area contributed by atoms with Gasteiger partial charge in [0, 0.05) is 31.8 Å². The number of hydrogen-bond donors (Lipinski definition) is 1. The van der Waals surface area contributed by atoms with Gasteiger partial charge in [0.2, 0.25) is 11.8 Å². The van der Waals surface area contributed by atoms with Crippen LogP contribution >= 0.6 is 0 Å². The summed E-state index contributed by atoms with van der Waals surface area (Å²) in [5.41, 5.74) is 1.87. The Morgan fingerprint density at radius 3 is 3.08 bits per heavy atom. The molecule has 1 aromatic heterocycles. The smallest absolute Gasteiger partial charge is 0.246 e. The zero-order chi connectivity index (χ0) is 16.9. The van der Waals surface area contributed by atoms with Gasteiger partial charge in [-0.05, 0) is 36.6 Å². The Labute approximate surface area is 141 Å². The molecule has 6 heteroatoms. The van der Waals surface area contributed by atoms with Crippen molar-refractivity contribution >= 4 is 23.7 Å². The van der Waals surface area contributed by atoms with E-state index in [9.17, 15) is 9.59 Å². The van der Waals surface area contributed by atoms with Gasteiger partial charge in [-0.2, -0.15) is 0 Å². The minimum atomic E-state index is -0.0214. The lowest BCUT2D eigenvalue weighted by Gasteiger charge is -2.38. The number of carbonyl (C=O) groups is 2. The van der Waals surface area contributed by atoms with E-state index in [0.29, 0.717) is 38.4 Å². The van der Waals surface area contributed by atoms with Crippen LogP contribution in [0.25, 0.3) is 6.08 Å². The quantitative estimate of drug-likeness (QED) is 0.661. The summed E-state index contributed by atoms with van der Waals surface area (Å²) in [7, 11) is 0. The summed E-state index contributed by atoms with van der Waals surface area (Å²) in [6, 6.07) is 1.96. The third-order valence-electron chi connectivity index (χ3n) is 4.11. The molecule has 24 heavy (non-hydrogen) atoms. The molecule has 0 aliphatic carbocycles. The van der Waals surface area contributed by atoms with Gasteiger partial charge in [-0.15, -0.1) is 0 Å². The van der Waals surface area contributed by atoms with Gasteiger partial charge < -0.3 is 15.0 Å². The first kappa shape index (κ1) is 16.4. The van der Waals surface area contributed by atoms with Crippen LogP contribution in [0.4, 0.5) is 5.82 Å². The van der Waals surface area contributed by atoms with E-state index in [0.717, 1.165) is 11.1 Å². The molecule has 0 atom stereocenters. The second kappa shape index (κ2) is 7.40. The van der Waals surface area contributed by atoms with Crippen molar-refractivity contribution in [1.29, 1.82) is 0 Å². The maximum atomic E-state index is 12.1. The highest BCUT2D eigenvalue weighted by molar-refractivity contribution is 5.94. The fourth-order valence-corrected chi connectivity index (χ4v) is 2.65. The maximum Gasteiger partial charge on any atom is 0.246 e. The van der Waals surface area contributed by atoms with Crippen LogP contribution in [0.3, 0.4) is 0 Å². The molecule has 1 fully saturated rings. The lowest BCUT2D eigenvalue weighted by atomic mass is 10.0. The third kappa shape index (κ3) is 3.89. The zero-order valence-electron chi connectivity index (χ0n) is 13.7. The Morgan fingerprint density at radius 2 is 2.29 bits per heavy atom. The van der Waals surface area contributed by atoms with Crippen molar-refractivity contribution < 1.29 is 14.3 Å². The van der Waals surface area contributed by atoms with Crippen LogP contribution in [0.2, 0.25) is 0 Å². The normalized spacial score (nSPS) is 17.9. The Kier molecular flexibility index (Phi) is 5.05. The highest BCUT2D eigenvalue weighted by Gasteiger charge is 2.29. The van der Waals surface area contributed by atoms with Crippen molar-refractivity contribution in [2.75, 3.05) is 25.0 Å². The molecule has 3 heterocycles. The average molecular weight is 327 g/mol. The number of hydrogen-bond acceptors (Lipinski definition) is 4. The van der Waals surface area contributed by atoms with Crippen LogP contribution in [0, 0.1) is 0 Å². The van der Waals surface area contributed by atoms with Gasteiger partial charge in [-0.1, -0.05) is 12.2 Å². The van der Waals surface area contributed by atoms with Gasteiger partial charge >= 0.3 is 0 Å². The largest absolute Gasteiger partial charge is 0.370 e. The Morgan fingerprint density at radius 1 is 1.46 bits per heavy atom. The van der Waals surface area contributed by atoms with Crippen LogP contribution < -0.4 is 5.32 Å². The van der Waals surface area contributed by atoms with E-state index in [-0.39, 0.29) is 17.9 Å². The zero-order valence-corrected chi connectivity index (χ0v) is 13.7. The van der Waals surface area contributed by atoms with E-state index in [1.165, 1.54) is 0 Å². The van der Waals surface area contributed by atoms with E-state index in [1.807, 2.05) is 25.1 Å². The van der Waals surface area contributed by atoms with Crippen molar-refractivity contribution in [2.45, 2.75) is 25.9 Å². The lowest BCUT2D eigenvalue weighted by Crippen LogP contribution is -2.54. The number of aryl methyl sites for hydroxylation is 1. The van der Waals surface area contributed by atoms with Crippen LogP contribution in [0.15, 0.2) is 30.5 Å². The molecule has 6 nitrogen and oxygen atoms in total. The highest BCUT2D eigenvalue weighted by Crippen LogP contribution is 2.21. The Hall–Kier alpha value is -2.47. The number of allylic oxidation sites excluding steroid dienone is 1. The van der Waals surface area contributed by atoms with Gasteiger partial charge in [0.1, 0.15) is 5.82 Å². The molecule has 0 saturated carbocycles. The molecule has 1 N–H and O–H groups in total. The first-order chi connectivity index (χ1) is 11.7. The summed E-state index contributed by atoms with van der Waals surface area (Å²) in [4.78, 5) is 29.4. The summed E-state index contributed by atoms with van der Waals surface area (Å²) in [5.74, 6) is 0.600. The first-order valence-electron chi connectivity index (χ1n) is 8.14. The van der Waals surface area contributed by atoms with Gasteiger partial charge in [0.05, 0.1) is 12.7 Å². The van der Waals surface area contributed by atoms with Crippen LogP contribution in [0.5, 0.6) is 0 Å². The molecule has 0 aromatic carbocycles. The lowest BCUT2D eigenvalue weighted by molar-refractivity contribution is -0.138. The van der Waals surface area contributed by atoms with Crippen LogP contribution in [0.1, 0.15) is 24.5 Å². The summed E-state index contributed by atoms with van der Waals surface area (Å²) >= 11 is 0. The molecule has 3 rings (SSSR count). The van der Waals surface area contributed by atoms with Gasteiger partial charge in [-0.3, -0.25) is 9.59 Å². The fraction of sp³-hybridized carbons (Fsp3) is 0.389. The number of ether oxygens (including phenoxy) is 1. The number of amides is 2. The number of fused-ring (bicyclic) bond motifs is 1. The van der Waals surface area contributed by atoms with E-state index in [4.69, 9.17) is 4.74 Å².